The third-order valence-electron chi connectivity index (χ3n) is 1.94. The van der Waals surface area contributed by atoms with Crippen molar-refractivity contribution in [2.45, 2.75) is 17.9 Å². The summed E-state index contributed by atoms with van der Waals surface area (Å²) in [7, 11) is 0. The van der Waals surface area contributed by atoms with Gasteiger partial charge in [0.25, 0.3) is 5.69 Å². The molecule has 0 fully saturated rings. The number of hydrogen-bond donors (Lipinski definition) is 1. The Bertz CT molecular complexity index is 326. The number of nitrogens with zero attached hydrogens (tertiary/aromatic N) is 1. The van der Waals surface area contributed by atoms with Gasteiger partial charge >= 0.3 is 0 Å². The Morgan fingerprint density at radius 1 is 1.47 bits per heavy atom. The highest BCUT2D eigenvalue weighted by Crippen LogP contribution is 2.19. The van der Waals surface area contributed by atoms with Gasteiger partial charge in [0.05, 0.1) is 11.5 Å². The Hall–Kier alpha value is -1.07. The number of nitro groups is 1. The maximum Gasteiger partial charge on any atom is 0.269 e. The van der Waals surface area contributed by atoms with Crippen LogP contribution in [0.1, 0.15) is 12.5 Å². The third-order valence-corrected chi connectivity index (χ3v) is 3.16. The van der Waals surface area contributed by atoms with Gasteiger partial charge in [0.1, 0.15) is 0 Å². The maximum atomic E-state index is 10.4. The summed E-state index contributed by atoms with van der Waals surface area (Å²) in [6, 6.07) is 6.49. The fourth-order valence-electron chi connectivity index (χ4n) is 1.01. The normalized spacial score (nSPS) is 12.4. The smallest absolute Gasteiger partial charge is 0.269 e. The second-order valence-corrected chi connectivity index (χ2v) is 4.65. The Balaban J connectivity index is 2.53. The van der Waals surface area contributed by atoms with Crippen molar-refractivity contribution < 1.29 is 10.0 Å². The lowest BCUT2D eigenvalue weighted by molar-refractivity contribution is -0.384. The SMILES string of the molecule is CC(CO)SCc1ccc([N+](=O)[O-])cc1. The number of non-ortho nitro benzene ring substituents is 1. The van der Waals surface area contributed by atoms with Crippen molar-refractivity contribution >= 4 is 17.4 Å². The average molecular weight is 227 g/mol. The van der Waals surface area contributed by atoms with Crippen molar-refractivity contribution in [2.24, 2.45) is 0 Å². The van der Waals surface area contributed by atoms with E-state index in [4.69, 9.17) is 5.11 Å². The van der Waals surface area contributed by atoms with E-state index in [9.17, 15) is 10.1 Å². The molecule has 4 nitrogen and oxygen atoms in total. The van der Waals surface area contributed by atoms with Crippen LogP contribution in [0.3, 0.4) is 0 Å². The Morgan fingerprint density at radius 3 is 2.53 bits per heavy atom. The van der Waals surface area contributed by atoms with Gasteiger partial charge in [-0.25, -0.2) is 0 Å². The van der Waals surface area contributed by atoms with Gasteiger partial charge in [-0.3, -0.25) is 10.1 Å². The predicted octanol–water partition coefficient (Wildman–Crippen LogP) is 2.21. The number of rotatable bonds is 5. The van der Waals surface area contributed by atoms with Crippen LogP contribution < -0.4 is 0 Å². The van der Waals surface area contributed by atoms with E-state index in [-0.39, 0.29) is 17.5 Å². The van der Waals surface area contributed by atoms with E-state index in [0.29, 0.717) is 0 Å². The zero-order valence-electron chi connectivity index (χ0n) is 8.42. The highest BCUT2D eigenvalue weighted by atomic mass is 32.2. The van der Waals surface area contributed by atoms with Crippen LogP contribution in [0.15, 0.2) is 24.3 Å². The molecule has 0 heterocycles. The van der Waals surface area contributed by atoms with Gasteiger partial charge in [-0.15, -0.1) is 0 Å². The lowest BCUT2D eigenvalue weighted by atomic mass is 10.2. The zero-order chi connectivity index (χ0) is 11.3. The quantitative estimate of drug-likeness (QED) is 0.618. The molecule has 0 aromatic heterocycles. The van der Waals surface area contributed by atoms with Crippen molar-refractivity contribution in [3.05, 3.63) is 39.9 Å². The molecule has 0 aliphatic carbocycles. The standard InChI is InChI=1S/C10H13NO3S/c1-8(6-12)15-7-9-2-4-10(5-3-9)11(13)14/h2-5,8,12H,6-7H2,1H3. The van der Waals surface area contributed by atoms with E-state index < -0.39 is 4.92 Å². The fraction of sp³-hybridized carbons (Fsp3) is 0.400. The lowest BCUT2D eigenvalue weighted by Crippen LogP contribution is -2.02. The van der Waals surface area contributed by atoms with Gasteiger partial charge in [0, 0.05) is 23.1 Å². The third kappa shape index (κ3) is 3.89. The molecule has 0 amide bonds. The molecule has 0 spiro atoms. The van der Waals surface area contributed by atoms with Crippen molar-refractivity contribution in [3.8, 4) is 0 Å². The number of benzene rings is 1. The van der Waals surface area contributed by atoms with E-state index in [1.165, 1.54) is 12.1 Å². The molecule has 1 aromatic rings. The molecule has 1 aromatic carbocycles. The molecule has 1 atom stereocenters. The van der Waals surface area contributed by atoms with Crippen LogP contribution in [0, 0.1) is 10.1 Å². The fourth-order valence-corrected chi connectivity index (χ4v) is 1.78. The summed E-state index contributed by atoms with van der Waals surface area (Å²) < 4.78 is 0. The first-order valence-electron chi connectivity index (χ1n) is 4.59. The molecule has 1 N–H and O–H groups in total. The monoisotopic (exact) mass is 227 g/mol. The Morgan fingerprint density at radius 2 is 2.07 bits per heavy atom. The van der Waals surface area contributed by atoms with Crippen molar-refractivity contribution in [1.82, 2.24) is 0 Å². The molecule has 5 heteroatoms. The molecule has 0 aliphatic heterocycles. The van der Waals surface area contributed by atoms with Gasteiger partial charge in [-0.05, 0) is 5.56 Å². The molecule has 82 valence electrons. The van der Waals surface area contributed by atoms with Crippen LogP contribution in [-0.2, 0) is 5.75 Å². The lowest BCUT2D eigenvalue weighted by Gasteiger charge is -2.06. The molecule has 0 saturated heterocycles. The molecular weight excluding hydrogens is 214 g/mol. The number of thioether (sulfide) groups is 1. The average Bonchev–Trinajstić information content (AvgIpc) is 2.26. The van der Waals surface area contributed by atoms with Crippen molar-refractivity contribution in [3.63, 3.8) is 0 Å². The van der Waals surface area contributed by atoms with Crippen LogP contribution in [0.5, 0.6) is 0 Å². The van der Waals surface area contributed by atoms with Crippen LogP contribution in [0.4, 0.5) is 5.69 Å². The van der Waals surface area contributed by atoms with Gasteiger partial charge in [-0.2, -0.15) is 11.8 Å². The van der Waals surface area contributed by atoms with Crippen molar-refractivity contribution in [2.75, 3.05) is 6.61 Å². The largest absolute Gasteiger partial charge is 0.395 e. The summed E-state index contributed by atoms with van der Waals surface area (Å²) in [5.74, 6) is 0.764. The molecule has 0 saturated carbocycles. The molecule has 1 unspecified atom stereocenters. The van der Waals surface area contributed by atoms with Crippen LogP contribution >= 0.6 is 11.8 Å². The van der Waals surface area contributed by atoms with Gasteiger partial charge in [0.2, 0.25) is 0 Å². The molecule has 15 heavy (non-hydrogen) atoms. The van der Waals surface area contributed by atoms with Gasteiger partial charge in [0.15, 0.2) is 0 Å². The number of hydrogen-bond acceptors (Lipinski definition) is 4. The Labute approximate surface area is 92.5 Å². The van der Waals surface area contributed by atoms with E-state index in [1.54, 1.807) is 23.9 Å². The predicted molar refractivity (Wildman–Crippen MR) is 60.9 cm³/mol. The summed E-state index contributed by atoms with van der Waals surface area (Å²) in [6.45, 7) is 2.09. The number of aliphatic hydroxyl groups is 1. The molecular formula is C10H13NO3S. The highest BCUT2D eigenvalue weighted by molar-refractivity contribution is 7.99. The summed E-state index contributed by atoms with van der Waals surface area (Å²) in [4.78, 5) is 9.98. The summed E-state index contributed by atoms with van der Waals surface area (Å²) in [6.07, 6.45) is 0. The minimum atomic E-state index is -0.409. The summed E-state index contributed by atoms with van der Waals surface area (Å²) in [5.41, 5.74) is 1.14. The second kappa shape index (κ2) is 5.72. The summed E-state index contributed by atoms with van der Waals surface area (Å²) >= 11 is 1.62. The summed E-state index contributed by atoms with van der Waals surface area (Å²) in [5, 5.41) is 19.4. The minimum Gasteiger partial charge on any atom is -0.395 e. The second-order valence-electron chi connectivity index (χ2n) is 3.23. The molecule has 0 radical (unpaired) electrons. The maximum absolute atomic E-state index is 10.4. The Kier molecular flexibility index (Phi) is 4.58. The van der Waals surface area contributed by atoms with Crippen LogP contribution in [-0.4, -0.2) is 21.9 Å². The van der Waals surface area contributed by atoms with Gasteiger partial charge in [-0.1, -0.05) is 19.1 Å². The molecule has 1 rings (SSSR count). The minimum absolute atomic E-state index is 0.110. The first kappa shape index (κ1) is 12.0. The van der Waals surface area contributed by atoms with Crippen LogP contribution in [0.2, 0.25) is 0 Å². The number of aliphatic hydroxyl groups excluding tert-OH is 1. The zero-order valence-corrected chi connectivity index (χ0v) is 9.24. The van der Waals surface area contributed by atoms with E-state index in [1.807, 2.05) is 6.92 Å². The van der Waals surface area contributed by atoms with E-state index in [0.717, 1.165) is 11.3 Å². The first-order chi connectivity index (χ1) is 7.13. The molecule has 0 bridgehead atoms. The van der Waals surface area contributed by atoms with Crippen molar-refractivity contribution in [1.29, 1.82) is 0 Å². The molecule has 0 aliphatic rings. The topological polar surface area (TPSA) is 63.4 Å². The first-order valence-corrected chi connectivity index (χ1v) is 5.64. The van der Waals surface area contributed by atoms with Gasteiger partial charge < -0.3 is 5.11 Å². The van der Waals surface area contributed by atoms with Crippen LogP contribution in [0.25, 0.3) is 0 Å². The van der Waals surface area contributed by atoms with E-state index >= 15 is 0 Å². The number of nitro benzene ring substituents is 1. The van der Waals surface area contributed by atoms with E-state index in [2.05, 4.69) is 0 Å². The highest BCUT2D eigenvalue weighted by Gasteiger charge is 2.05.